The number of hydrogen-bond acceptors (Lipinski definition) is 2. The third-order valence-corrected chi connectivity index (χ3v) is 4.63. The zero-order valence-electron chi connectivity index (χ0n) is 16.3. The summed E-state index contributed by atoms with van der Waals surface area (Å²) in [6.07, 6.45) is 9.88. The van der Waals surface area contributed by atoms with Crippen LogP contribution in [0.15, 0.2) is 30.3 Å². The first kappa shape index (κ1) is 19.6. The first-order valence-electron chi connectivity index (χ1n) is 10.0. The molecule has 0 spiro atoms. The first-order chi connectivity index (χ1) is 12.2. The third kappa shape index (κ3) is 6.61. The van der Waals surface area contributed by atoms with Crippen LogP contribution in [0.3, 0.4) is 0 Å². The summed E-state index contributed by atoms with van der Waals surface area (Å²) in [6.45, 7) is 8.21. The van der Waals surface area contributed by atoms with Crippen LogP contribution in [-0.2, 0) is 0 Å². The van der Waals surface area contributed by atoms with Gasteiger partial charge in [0.2, 0.25) is 0 Å². The third-order valence-electron chi connectivity index (χ3n) is 4.63. The molecule has 0 fully saturated rings. The van der Waals surface area contributed by atoms with E-state index in [1.807, 2.05) is 0 Å². The van der Waals surface area contributed by atoms with Crippen molar-refractivity contribution in [2.75, 3.05) is 13.2 Å². The van der Waals surface area contributed by atoms with Crippen LogP contribution >= 0.6 is 0 Å². The molecule has 0 radical (unpaired) electrons. The summed E-state index contributed by atoms with van der Waals surface area (Å²) in [4.78, 5) is 0. The van der Waals surface area contributed by atoms with Crippen molar-refractivity contribution < 1.29 is 9.47 Å². The van der Waals surface area contributed by atoms with E-state index in [-0.39, 0.29) is 0 Å². The second kappa shape index (κ2) is 11.0. The second-order valence-electron chi connectivity index (χ2n) is 6.94. The minimum Gasteiger partial charge on any atom is -0.494 e. The van der Waals surface area contributed by atoms with Crippen LogP contribution in [0.4, 0.5) is 0 Å². The molecular weight excluding hydrogens is 308 g/mol. The van der Waals surface area contributed by atoms with Gasteiger partial charge in [0.1, 0.15) is 11.5 Å². The molecule has 0 N–H and O–H groups in total. The Kier molecular flexibility index (Phi) is 8.65. The van der Waals surface area contributed by atoms with E-state index in [9.17, 15) is 0 Å². The predicted octanol–water partition coefficient (Wildman–Crippen LogP) is 7.07. The van der Waals surface area contributed by atoms with Crippen LogP contribution in [0.2, 0.25) is 0 Å². The van der Waals surface area contributed by atoms with Gasteiger partial charge in [-0.05, 0) is 60.4 Å². The number of fused-ring (bicyclic) bond motifs is 1. The Labute approximate surface area is 153 Å². The minimum atomic E-state index is 0.809. The average molecular weight is 343 g/mol. The Hall–Kier alpha value is -1.70. The van der Waals surface area contributed by atoms with Gasteiger partial charge in [0.15, 0.2) is 0 Å². The summed E-state index contributed by atoms with van der Waals surface area (Å²) in [6, 6.07) is 10.7. The quantitative estimate of drug-likeness (QED) is 0.384. The minimum absolute atomic E-state index is 0.809. The molecule has 0 unspecified atom stereocenters. The van der Waals surface area contributed by atoms with Crippen molar-refractivity contribution in [3.05, 3.63) is 35.9 Å². The fraction of sp³-hybridized carbons (Fsp3) is 0.565. The number of ether oxygens (including phenoxy) is 2. The van der Waals surface area contributed by atoms with E-state index >= 15 is 0 Å². The largest absolute Gasteiger partial charge is 0.494 e. The van der Waals surface area contributed by atoms with Crippen LogP contribution in [0.1, 0.15) is 70.8 Å². The van der Waals surface area contributed by atoms with Crippen molar-refractivity contribution in [1.29, 1.82) is 0 Å². The molecule has 2 heteroatoms. The normalized spacial score (nSPS) is 11.0. The highest BCUT2D eigenvalue weighted by Gasteiger charge is 2.05. The number of benzene rings is 2. The Morgan fingerprint density at radius 2 is 1.36 bits per heavy atom. The van der Waals surface area contributed by atoms with E-state index in [1.54, 1.807) is 0 Å². The van der Waals surface area contributed by atoms with Crippen molar-refractivity contribution >= 4 is 10.8 Å². The summed E-state index contributed by atoms with van der Waals surface area (Å²) in [7, 11) is 0. The zero-order chi connectivity index (χ0) is 17.9. The van der Waals surface area contributed by atoms with Crippen molar-refractivity contribution in [2.45, 2.75) is 72.1 Å². The van der Waals surface area contributed by atoms with Crippen molar-refractivity contribution in [1.82, 2.24) is 0 Å². The molecule has 2 aromatic rings. The van der Waals surface area contributed by atoms with Gasteiger partial charge >= 0.3 is 0 Å². The van der Waals surface area contributed by atoms with Gasteiger partial charge in [-0.2, -0.15) is 0 Å². The molecule has 25 heavy (non-hydrogen) atoms. The fourth-order valence-corrected chi connectivity index (χ4v) is 3.04. The summed E-state index contributed by atoms with van der Waals surface area (Å²) >= 11 is 0. The molecule has 0 heterocycles. The van der Waals surface area contributed by atoms with Crippen LogP contribution in [0.25, 0.3) is 10.8 Å². The summed E-state index contributed by atoms with van der Waals surface area (Å²) in [5.74, 6) is 1.98. The lowest BCUT2D eigenvalue weighted by atomic mass is 10.1. The Morgan fingerprint density at radius 1 is 0.680 bits per heavy atom. The molecule has 0 aliphatic rings. The maximum absolute atomic E-state index is 5.99. The lowest BCUT2D eigenvalue weighted by Gasteiger charge is -2.12. The summed E-state index contributed by atoms with van der Waals surface area (Å²) in [5, 5.41) is 2.44. The molecule has 0 amide bonds. The number of hydrogen-bond donors (Lipinski definition) is 0. The molecule has 0 saturated carbocycles. The van der Waals surface area contributed by atoms with Crippen molar-refractivity contribution in [3.63, 3.8) is 0 Å². The standard InChI is InChI=1S/C23H34O2/c1-4-6-8-10-14-24-22-13-12-20-18-23(19(3)16-21(20)17-22)25-15-11-9-7-5-2/h12-13,16-18H,4-11,14-15H2,1-3H3. The molecule has 0 aromatic heterocycles. The number of unbranched alkanes of at least 4 members (excludes halogenated alkanes) is 6. The van der Waals surface area contributed by atoms with Crippen molar-refractivity contribution in [2.24, 2.45) is 0 Å². The molecule has 2 aromatic carbocycles. The van der Waals surface area contributed by atoms with Crippen LogP contribution in [-0.4, -0.2) is 13.2 Å². The molecular formula is C23H34O2. The number of aryl methyl sites for hydroxylation is 1. The molecule has 0 aliphatic carbocycles. The van der Waals surface area contributed by atoms with Crippen LogP contribution < -0.4 is 9.47 Å². The molecule has 0 atom stereocenters. The van der Waals surface area contributed by atoms with Gasteiger partial charge < -0.3 is 9.47 Å². The highest BCUT2D eigenvalue weighted by molar-refractivity contribution is 5.86. The molecule has 138 valence electrons. The van der Waals surface area contributed by atoms with E-state index in [2.05, 4.69) is 51.1 Å². The maximum Gasteiger partial charge on any atom is 0.122 e. The first-order valence-corrected chi connectivity index (χ1v) is 10.0. The molecule has 2 rings (SSSR count). The van der Waals surface area contributed by atoms with E-state index in [1.165, 1.54) is 54.9 Å². The monoisotopic (exact) mass is 342 g/mol. The predicted molar refractivity (Wildman–Crippen MR) is 108 cm³/mol. The molecule has 2 nitrogen and oxygen atoms in total. The molecule has 0 aliphatic heterocycles. The van der Waals surface area contributed by atoms with Gasteiger partial charge in [-0.15, -0.1) is 0 Å². The van der Waals surface area contributed by atoms with Gasteiger partial charge in [-0.3, -0.25) is 0 Å². The topological polar surface area (TPSA) is 18.5 Å². The molecule has 0 saturated heterocycles. The van der Waals surface area contributed by atoms with Crippen LogP contribution in [0, 0.1) is 6.92 Å². The number of rotatable bonds is 12. The van der Waals surface area contributed by atoms with Crippen molar-refractivity contribution in [3.8, 4) is 11.5 Å². The Morgan fingerprint density at radius 3 is 2.04 bits per heavy atom. The van der Waals surface area contributed by atoms with Gasteiger partial charge in [0, 0.05) is 0 Å². The fourth-order valence-electron chi connectivity index (χ4n) is 3.04. The summed E-state index contributed by atoms with van der Waals surface area (Å²) < 4.78 is 11.9. The second-order valence-corrected chi connectivity index (χ2v) is 6.94. The van der Waals surface area contributed by atoms with Crippen LogP contribution in [0.5, 0.6) is 11.5 Å². The lowest BCUT2D eigenvalue weighted by molar-refractivity contribution is 0.303. The zero-order valence-corrected chi connectivity index (χ0v) is 16.3. The smallest absolute Gasteiger partial charge is 0.122 e. The van der Waals surface area contributed by atoms with E-state index in [0.29, 0.717) is 0 Å². The van der Waals surface area contributed by atoms with Gasteiger partial charge in [-0.25, -0.2) is 0 Å². The highest BCUT2D eigenvalue weighted by atomic mass is 16.5. The summed E-state index contributed by atoms with van der Waals surface area (Å²) in [5.41, 5.74) is 1.20. The van der Waals surface area contributed by atoms with Gasteiger partial charge in [0.05, 0.1) is 13.2 Å². The highest BCUT2D eigenvalue weighted by Crippen LogP contribution is 2.28. The Balaban J connectivity index is 1.92. The van der Waals surface area contributed by atoms with Gasteiger partial charge in [0.25, 0.3) is 0 Å². The van der Waals surface area contributed by atoms with E-state index in [4.69, 9.17) is 9.47 Å². The molecule has 0 bridgehead atoms. The maximum atomic E-state index is 5.99. The average Bonchev–Trinajstić information content (AvgIpc) is 2.61. The Bertz CT molecular complexity index is 633. The van der Waals surface area contributed by atoms with E-state index in [0.717, 1.165) is 37.6 Å². The van der Waals surface area contributed by atoms with Gasteiger partial charge in [-0.1, -0.05) is 58.4 Å². The SMILES string of the molecule is CCCCCCOc1ccc2cc(OCCCCCC)c(C)cc2c1. The van der Waals surface area contributed by atoms with E-state index < -0.39 is 0 Å². The lowest BCUT2D eigenvalue weighted by Crippen LogP contribution is -1.99.